The van der Waals surface area contributed by atoms with E-state index >= 15 is 0 Å². The zero-order chi connectivity index (χ0) is 13.4. The van der Waals surface area contributed by atoms with Crippen molar-refractivity contribution < 1.29 is 4.79 Å². The highest BCUT2D eigenvalue weighted by Crippen LogP contribution is 2.33. The number of fused-ring (bicyclic) bond motifs is 1. The second kappa shape index (κ2) is 4.70. The smallest absolute Gasteiger partial charge is 0.248 e. The van der Waals surface area contributed by atoms with Crippen molar-refractivity contribution in [3.05, 3.63) is 35.5 Å². The van der Waals surface area contributed by atoms with Crippen molar-refractivity contribution in [1.82, 2.24) is 9.88 Å². The molecule has 0 radical (unpaired) electrons. The lowest BCUT2D eigenvalue weighted by atomic mass is 9.89. The number of primary amides is 1. The number of aromatic amines is 1. The van der Waals surface area contributed by atoms with Gasteiger partial charge < -0.3 is 15.6 Å². The Morgan fingerprint density at radius 1 is 1.37 bits per heavy atom. The van der Waals surface area contributed by atoms with Gasteiger partial charge in [0.05, 0.1) is 0 Å². The molecule has 1 amide bonds. The number of benzene rings is 1. The van der Waals surface area contributed by atoms with E-state index in [2.05, 4.69) is 23.1 Å². The summed E-state index contributed by atoms with van der Waals surface area (Å²) < 4.78 is 0. The summed E-state index contributed by atoms with van der Waals surface area (Å²) in [5, 5.41) is 1.14. The molecule has 4 heteroatoms. The van der Waals surface area contributed by atoms with Gasteiger partial charge in [-0.1, -0.05) is 0 Å². The quantitative estimate of drug-likeness (QED) is 0.865. The van der Waals surface area contributed by atoms with Gasteiger partial charge in [0.25, 0.3) is 0 Å². The number of hydrogen-bond acceptors (Lipinski definition) is 2. The Morgan fingerprint density at radius 2 is 2.11 bits per heavy atom. The van der Waals surface area contributed by atoms with Gasteiger partial charge >= 0.3 is 0 Å². The summed E-state index contributed by atoms with van der Waals surface area (Å²) in [5.74, 6) is 0.213. The van der Waals surface area contributed by atoms with Crippen molar-refractivity contribution in [3.8, 4) is 0 Å². The summed E-state index contributed by atoms with van der Waals surface area (Å²) in [6.07, 6.45) is 4.43. The van der Waals surface area contributed by atoms with Crippen LogP contribution in [-0.4, -0.2) is 35.9 Å². The molecule has 1 saturated heterocycles. The Bertz CT molecular complexity index is 609. The first-order valence-electron chi connectivity index (χ1n) is 6.74. The molecule has 19 heavy (non-hydrogen) atoms. The van der Waals surface area contributed by atoms with Gasteiger partial charge in [0.2, 0.25) is 5.91 Å². The SMILES string of the molecule is CN1CCC(c2c[nH]c3ccc(C(N)=O)cc23)CC1. The van der Waals surface area contributed by atoms with Gasteiger partial charge in [-0.05, 0) is 62.7 Å². The molecule has 2 aromatic rings. The molecule has 1 aliphatic rings. The molecule has 0 saturated carbocycles. The summed E-state index contributed by atoms with van der Waals surface area (Å²) in [4.78, 5) is 17.0. The Labute approximate surface area is 112 Å². The zero-order valence-electron chi connectivity index (χ0n) is 11.1. The first-order valence-corrected chi connectivity index (χ1v) is 6.74. The van der Waals surface area contributed by atoms with Crippen LogP contribution in [0.1, 0.15) is 34.7 Å². The summed E-state index contributed by atoms with van der Waals surface area (Å²) in [5.41, 5.74) is 8.36. The Morgan fingerprint density at radius 3 is 2.79 bits per heavy atom. The van der Waals surface area contributed by atoms with Gasteiger partial charge in [0.15, 0.2) is 0 Å². The molecule has 0 spiro atoms. The Kier molecular flexibility index (Phi) is 3.03. The second-order valence-corrected chi connectivity index (χ2v) is 5.45. The summed E-state index contributed by atoms with van der Waals surface area (Å²) in [7, 11) is 2.16. The molecule has 100 valence electrons. The van der Waals surface area contributed by atoms with E-state index in [4.69, 9.17) is 5.73 Å². The third-order valence-electron chi connectivity index (χ3n) is 4.16. The van der Waals surface area contributed by atoms with Crippen LogP contribution in [0.3, 0.4) is 0 Å². The number of carbonyl (C=O) groups is 1. The van der Waals surface area contributed by atoms with Gasteiger partial charge in [0.1, 0.15) is 0 Å². The third kappa shape index (κ3) is 2.24. The predicted molar refractivity (Wildman–Crippen MR) is 76.3 cm³/mol. The van der Waals surface area contributed by atoms with Crippen molar-refractivity contribution in [1.29, 1.82) is 0 Å². The van der Waals surface area contributed by atoms with E-state index < -0.39 is 0 Å². The molecule has 1 aliphatic heterocycles. The van der Waals surface area contributed by atoms with Crippen molar-refractivity contribution >= 4 is 16.8 Å². The van der Waals surface area contributed by atoms with Gasteiger partial charge in [-0.15, -0.1) is 0 Å². The Balaban J connectivity index is 1.99. The number of aromatic nitrogens is 1. The van der Waals surface area contributed by atoms with E-state index in [9.17, 15) is 4.79 Å². The van der Waals surface area contributed by atoms with E-state index in [1.54, 1.807) is 6.07 Å². The van der Waals surface area contributed by atoms with Crippen molar-refractivity contribution in [2.45, 2.75) is 18.8 Å². The van der Waals surface area contributed by atoms with Crippen LogP contribution in [0.25, 0.3) is 10.9 Å². The fourth-order valence-corrected chi connectivity index (χ4v) is 2.95. The maximum atomic E-state index is 11.3. The average Bonchev–Trinajstić information content (AvgIpc) is 2.82. The van der Waals surface area contributed by atoms with Crippen LogP contribution in [0, 0.1) is 0 Å². The first-order chi connectivity index (χ1) is 9.15. The van der Waals surface area contributed by atoms with Crippen molar-refractivity contribution in [2.75, 3.05) is 20.1 Å². The number of nitrogens with two attached hydrogens (primary N) is 1. The molecular weight excluding hydrogens is 238 g/mol. The minimum Gasteiger partial charge on any atom is -0.366 e. The molecule has 3 N–H and O–H groups in total. The normalized spacial score (nSPS) is 17.9. The zero-order valence-corrected chi connectivity index (χ0v) is 11.1. The molecular formula is C15H19N3O. The lowest BCUT2D eigenvalue weighted by Crippen LogP contribution is -2.29. The number of hydrogen-bond donors (Lipinski definition) is 2. The third-order valence-corrected chi connectivity index (χ3v) is 4.16. The minimum atomic E-state index is -0.363. The second-order valence-electron chi connectivity index (χ2n) is 5.45. The summed E-state index contributed by atoms with van der Waals surface area (Å²) >= 11 is 0. The molecule has 0 unspecified atom stereocenters. The molecule has 2 heterocycles. The largest absolute Gasteiger partial charge is 0.366 e. The van der Waals surface area contributed by atoms with E-state index in [-0.39, 0.29) is 5.91 Å². The van der Waals surface area contributed by atoms with E-state index in [1.165, 1.54) is 18.4 Å². The number of nitrogens with zero attached hydrogens (tertiary/aromatic N) is 1. The molecule has 0 bridgehead atoms. The van der Waals surface area contributed by atoms with Gasteiger partial charge in [0, 0.05) is 22.7 Å². The fraction of sp³-hybridized carbons (Fsp3) is 0.400. The fourth-order valence-electron chi connectivity index (χ4n) is 2.95. The monoisotopic (exact) mass is 257 g/mol. The number of amides is 1. The number of piperidine rings is 1. The minimum absolute atomic E-state index is 0.363. The number of nitrogens with one attached hydrogen (secondary N) is 1. The lowest BCUT2D eigenvalue weighted by molar-refractivity contribution is 0.100. The Hall–Kier alpha value is -1.81. The molecule has 4 nitrogen and oxygen atoms in total. The molecule has 0 aliphatic carbocycles. The number of carbonyl (C=O) groups excluding carboxylic acids is 1. The van der Waals surface area contributed by atoms with Crippen LogP contribution in [0.4, 0.5) is 0 Å². The highest BCUT2D eigenvalue weighted by Gasteiger charge is 2.21. The van der Waals surface area contributed by atoms with Crippen LogP contribution < -0.4 is 5.73 Å². The molecule has 1 aromatic heterocycles. The van der Waals surface area contributed by atoms with E-state index in [0.29, 0.717) is 11.5 Å². The topological polar surface area (TPSA) is 62.1 Å². The van der Waals surface area contributed by atoms with Gasteiger partial charge in [-0.25, -0.2) is 0 Å². The molecule has 1 fully saturated rings. The number of rotatable bonds is 2. The van der Waals surface area contributed by atoms with Crippen LogP contribution in [0.5, 0.6) is 0 Å². The average molecular weight is 257 g/mol. The van der Waals surface area contributed by atoms with Crippen LogP contribution in [0.15, 0.2) is 24.4 Å². The van der Waals surface area contributed by atoms with Crippen LogP contribution >= 0.6 is 0 Å². The maximum absolute atomic E-state index is 11.3. The van der Waals surface area contributed by atoms with Gasteiger partial charge in [-0.2, -0.15) is 0 Å². The number of H-pyrrole nitrogens is 1. The predicted octanol–water partition coefficient (Wildman–Crippen LogP) is 2.08. The summed E-state index contributed by atoms with van der Waals surface area (Å²) in [6, 6.07) is 5.63. The lowest BCUT2D eigenvalue weighted by Gasteiger charge is -2.28. The van der Waals surface area contributed by atoms with E-state index in [0.717, 1.165) is 24.0 Å². The highest BCUT2D eigenvalue weighted by molar-refractivity contribution is 5.97. The molecule has 0 atom stereocenters. The maximum Gasteiger partial charge on any atom is 0.248 e. The molecule has 1 aromatic carbocycles. The summed E-state index contributed by atoms with van der Waals surface area (Å²) in [6.45, 7) is 2.26. The van der Waals surface area contributed by atoms with E-state index in [1.807, 2.05) is 12.1 Å². The standard InChI is InChI=1S/C15H19N3O/c1-18-6-4-10(5-7-18)13-9-17-14-3-2-11(15(16)19)8-12(13)14/h2-3,8-10,17H,4-7H2,1H3,(H2,16,19). The first kappa shape index (κ1) is 12.2. The molecule has 3 rings (SSSR count). The highest BCUT2D eigenvalue weighted by atomic mass is 16.1. The van der Waals surface area contributed by atoms with Crippen molar-refractivity contribution in [2.24, 2.45) is 5.73 Å². The van der Waals surface area contributed by atoms with Crippen LogP contribution in [0.2, 0.25) is 0 Å². The van der Waals surface area contributed by atoms with Gasteiger partial charge in [-0.3, -0.25) is 4.79 Å². The van der Waals surface area contributed by atoms with Crippen molar-refractivity contribution in [3.63, 3.8) is 0 Å². The van der Waals surface area contributed by atoms with Crippen LogP contribution in [-0.2, 0) is 0 Å². The number of likely N-dealkylation sites (tertiary alicyclic amines) is 1.